The molecule has 25 heavy (non-hydrogen) atoms. The molecule has 7 nitrogen and oxygen atoms in total. The van der Waals surface area contributed by atoms with Crippen molar-refractivity contribution in [2.24, 2.45) is 0 Å². The molecule has 1 aliphatic heterocycles. The second-order valence-electron chi connectivity index (χ2n) is 6.02. The van der Waals surface area contributed by atoms with Crippen LogP contribution in [-0.4, -0.2) is 43.5 Å². The molecule has 0 spiro atoms. The summed E-state index contributed by atoms with van der Waals surface area (Å²) in [5.41, 5.74) is 1.32. The zero-order valence-corrected chi connectivity index (χ0v) is 14.3. The summed E-state index contributed by atoms with van der Waals surface area (Å²) >= 11 is 0. The van der Waals surface area contributed by atoms with Gasteiger partial charge in [0.15, 0.2) is 0 Å². The lowest BCUT2D eigenvalue weighted by atomic mass is 10.0. The molecule has 2 amide bonds. The normalized spacial score (nSPS) is 14.5. The molecule has 1 fully saturated rings. The van der Waals surface area contributed by atoms with Gasteiger partial charge in [-0.3, -0.25) is 9.59 Å². The highest BCUT2D eigenvalue weighted by atomic mass is 16.5. The molecule has 0 aliphatic carbocycles. The Labute approximate surface area is 144 Å². The van der Waals surface area contributed by atoms with E-state index in [4.69, 9.17) is 9.15 Å². The van der Waals surface area contributed by atoms with Crippen LogP contribution < -0.4 is 15.7 Å². The summed E-state index contributed by atoms with van der Waals surface area (Å²) in [5, 5.41) is 3.50. The third kappa shape index (κ3) is 3.50. The Morgan fingerprint density at radius 1 is 1.36 bits per heavy atom. The van der Waals surface area contributed by atoms with Gasteiger partial charge >= 0.3 is 5.63 Å². The lowest BCUT2D eigenvalue weighted by Crippen LogP contribution is -2.50. The number of carbonyl (C=O) groups is 2. The van der Waals surface area contributed by atoms with Crippen molar-refractivity contribution < 1.29 is 18.7 Å². The van der Waals surface area contributed by atoms with Crippen molar-refractivity contribution >= 4 is 22.8 Å². The molecule has 0 radical (unpaired) electrons. The number of fused-ring (bicyclic) bond motifs is 1. The molecular weight excluding hydrogens is 324 g/mol. The number of nitrogens with one attached hydrogen (secondary N) is 1. The van der Waals surface area contributed by atoms with Gasteiger partial charge in [0.1, 0.15) is 11.3 Å². The predicted octanol–water partition coefficient (Wildman–Crippen LogP) is 1.00. The number of rotatable bonds is 4. The van der Waals surface area contributed by atoms with Crippen molar-refractivity contribution in [1.82, 2.24) is 10.2 Å². The van der Waals surface area contributed by atoms with Crippen molar-refractivity contribution in [2.45, 2.75) is 19.8 Å². The molecule has 0 saturated carbocycles. The second kappa shape index (κ2) is 6.96. The molecule has 3 rings (SSSR count). The highest BCUT2D eigenvalue weighted by Gasteiger charge is 2.22. The fourth-order valence-corrected chi connectivity index (χ4v) is 3.03. The van der Waals surface area contributed by atoms with Gasteiger partial charge in [0.25, 0.3) is 0 Å². The van der Waals surface area contributed by atoms with Crippen LogP contribution in [0.25, 0.3) is 11.0 Å². The Morgan fingerprint density at radius 2 is 2.16 bits per heavy atom. The van der Waals surface area contributed by atoms with Crippen LogP contribution in [0.1, 0.15) is 17.5 Å². The lowest BCUT2D eigenvalue weighted by Gasteiger charge is -2.26. The maximum atomic E-state index is 12.3. The van der Waals surface area contributed by atoms with Crippen LogP contribution in [0.3, 0.4) is 0 Å². The van der Waals surface area contributed by atoms with Gasteiger partial charge in [-0.15, -0.1) is 0 Å². The number of nitrogens with zero attached hydrogens (tertiary/aromatic N) is 1. The molecule has 0 atom stereocenters. The summed E-state index contributed by atoms with van der Waals surface area (Å²) < 4.78 is 10.5. The SMILES string of the molecule is COc1ccc2c(C)c(CCC(=O)N3CCNC(=O)C3)c(=O)oc2c1. The fraction of sp³-hybridized carbons (Fsp3) is 0.389. The van der Waals surface area contributed by atoms with Gasteiger partial charge in [-0.25, -0.2) is 4.79 Å². The van der Waals surface area contributed by atoms with Crippen LogP contribution in [0.4, 0.5) is 0 Å². The van der Waals surface area contributed by atoms with Gasteiger partial charge in [-0.1, -0.05) is 0 Å². The smallest absolute Gasteiger partial charge is 0.339 e. The second-order valence-corrected chi connectivity index (χ2v) is 6.02. The summed E-state index contributed by atoms with van der Waals surface area (Å²) in [6.07, 6.45) is 0.452. The zero-order chi connectivity index (χ0) is 18.0. The van der Waals surface area contributed by atoms with Crippen molar-refractivity contribution in [2.75, 3.05) is 26.7 Å². The van der Waals surface area contributed by atoms with Crippen LogP contribution in [0.2, 0.25) is 0 Å². The topological polar surface area (TPSA) is 88.9 Å². The third-order valence-corrected chi connectivity index (χ3v) is 4.47. The van der Waals surface area contributed by atoms with Crippen LogP contribution in [0, 0.1) is 6.92 Å². The molecular formula is C18H20N2O5. The Kier molecular flexibility index (Phi) is 4.74. The average molecular weight is 344 g/mol. The van der Waals surface area contributed by atoms with Gasteiger partial charge < -0.3 is 19.4 Å². The Balaban J connectivity index is 1.80. The maximum absolute atomic E-state index is 12.3. The summed E-state index contributed by atoms with van der Waals surface area (Å²) in [6.45, 7) is 2.88. The van der Waals surface area contributed by atoms with Crippen LogP contribution in [0.5, 0.6) is 5.75 Å². The van der Waals surface area contributed by atoms with Gasteiger partial charge in [0.05, 0.1) is 13.7 Å². The lowest BCUT2D eigenvalue weighted by molar-refractivity contribution is -0.138. The first-order valence-electron chi connectivity index (χ1n) is 8.14. The minimum absolute atomic E-state index is 0.0734. The van der Waals surface area contributed by atoms with E-state index in [9.17, 15) is 14.4 Å². The molecule has 1 aromatic carbocycles. The molecule has 1 aliphatic rings. The quantitative estimate of drug-likeness (QED) is 0.836. The number of amides is 2. The van der Waals surface area contributed by atoms with Crippen molar-refractivity contribution in [1.29, 1.82) is 0 Å². The van der Waals surface area contributed by atoms with Gasteiger partial charge in [0.2, 0.25) is 11.8 Å². The molecule has 1 saturated heterocycles. The van der Waals surface area contributed by atoms with E-state index < -0.39 is 5.63 Å². The third-order valence-electron chi connectivity index (χ3n) is 4.47. The number of methoxy groups -OCH3 is 1. The Hall–Kier alpha value is -2.83. The Bertz CT molecular complexity index is 887. The van der Waals surface area contributed by atoms with Crippen LogP contribution >= 0.6 is 0 Å². The predicted molar refractivity (Wildman–Crippen MR) is 91.7 cm³/mol. The molecule has 132 valence electrons. The van der Waals surface area contributed by atoms with Crippen LogP contribution in [-0.2, 0) is 16.0 Å². The standard InChI is InChI=1S/C18H20N2O5/c1-11-13-4-3-12(24-2)9-15(13)25-18(23)14(11)5-6-17(22)20-8-7-19-16(21)10-20/h3-4,9H,5-8,10H2,1-2H3,(H,19,21). The number of hydrogen-bond acceptors (Lipinski definition) is 5. The van der Waals surface area contributed by atoms with E-state index in [1.165, 1.54) is 4.90 Å². The number of hydrogen-bond donors (Lipinski definition) is 1. The molecule has 2 aromatic rings. The van der Waals surface area contributed by atoms with E-state index in [1.54, 1.807) is 19.2 Å². The van der Waals surface area contributed by atoms with Crippen LogP contribution in [0.15, 0.2) is 27.4 Å². The number of piperazine rings is 1. The highest BCUT2D eigenvalue weighted by Crippen LogP contribution is 2.24. The summed E-state index contributed by atoms with van der Waals surface area (Å²) in [7, 11) is 1.55. The van der Waals surface area contributed by atoms with Gasteiger partial charge in [0, 0.05) is 36.5 Å². The Morgan fingerprint density at radius 3 is 2.88 bits per heavy atom. The molecule has 7 heteroatoms. The number of carbonyl (C=O) groups excluding carboxylic acids is 2. The van der Waals surface area contributed by atoms with E-state index in [0.29, 0.717) is 30.0 Å². The summed E-state index contributed by atoms with van der Waals surface area (Å²) in [4.78, 5) is 37.5. The van der Waals surface area contributed by atoms with Gasteiger partial charge in [-0.2, -0.15) is 0 Å². The number of benzene rings is 1. The molecule has 2 heterocycles. The summed E-state index contributed by atoms with van der Waals surface area (Å²) in [6, 6.07) is 5.31. The van der Waals surface area contributed by atoms with E-state index in [2.05, 4.69) is 5.32 Å². The largest absolute Gasteiger partial charge is 0.497 e. The number of aryl methyl sites for hydroxylation is 1. The van der Waals surface area contributed by atoms with E-state index in [0.717, 1.165) is 10.9 Å². The van der Waals surface area contributed by atoms with Crippen molar-refractivity contribution in [3.63, 3.8) is 0 Å². The van der Waals surface area contributed by atoms with Crippen molar-refractivity contribution in [3.05, 3.63) is 39.7 Å². The minimum Gasteiger partial charge on any atom is -0.497 e. The zero-order valence-electron chi connectivity index (χ0n) is 14.3. The molecule has 1 aromatic heterocycles. The monoisotopic (exact) mass is 344 g/mol. The van der Waals surface area contributed by atoms with E-state index >= 15 is 0 Å². The minimum atomic E-state index is -0.442. The van der Waals surface area contributed by atoms with E-state index in [-0.39, 0.29) is 31.2 Å². The first kappa shape index (κ1) is 17.0. The maximum Gasteiger partial charge on any atom is 0.339 e. The number of ether oxygens (including phenoxy) is 1. The molecule has 0 bridgehead atoms. The average Bonchev–Trinajstić information content (AvgIpc) is 2.60. The first-order chi connectivity index (χ1) is 12.0. The van der Waals surface area contributed by atoms with Gasteiger partial charge in [-0.05, 0) is 31.0 Å². The fourth-order valence-electron chi connectivity index (χ4n) is 3.03. The molecule has 1 N–H and O–H groups in total. The highest BCUT2D eigenvalue weighted by molar-refractivity contribution is 5.86. The summed E-state index contributed by atoms with van der Waals surface area (Å²) in [5.74, 6) is 0.319. The first-order valence-corrected chi connectivity index (χ1v) is 8.14. The van der Waals surface area contributed by atoms with E-state index in [1.807, 2.05) is 13.0 Å². The van der Waals surface area contributed by atoms with Crippen molar-refractivity contribution in [3.8, 4) is 5.75 Å². The molecule has 0 unspecified atom stereocenters.